The molecule has 5 fully saturated rings. The predicted molar refractivity (Wildman–Crippen MR) is 74.8 cm³/mol. The van der Waals surface area contributed by atoms with E-state index in [0.717, 1.165) is 43.6 Å². The molecule has 0 aromatic rings. The van der Waals surface area contributed by atoms with Crippen molar-refractivity contribution in [3.05, 3.63) is 0 Å². The Hall–Kier alpha value is -1.06. The first kappa shape index (κ1) is 12.7. The van der Waals surface area contributed by atoms with Gasteiger partial charge in [0.15, 0.2) is 0 Å². The fourth-order valence-electron chi connectivity index (χ4n) is 5.64. The zero-order chi connectivity index (χ0) is 13.9. The van der Waals surface area contributed by atoms with Gasteiger partial charge in [-0.25, -0.2) is 0 Å². The highest BCUT2D eigenvalue weighted by Gasteiger charge is 2.55. The summed E-state index contributed by atoms with van der Waals surface area (Å²) in [5.74, 6) is 2.75. The molecular formula is C16H24N2O2. The lowest BCUT2D eigenvalue weighted by molar-refractivity contribution is -0.162. The molecule has 4 saturated carbocycles. The standard InChI is InChI=1S/C16H24N2O2/c1-17-2-3-18(10-14(17)19)15(20)16-7-11-4-12(8-16)6-13(5-11)9-16/h11-13H,2-10H2,1H3. The number of hydrogen-bond acceptors (Lipinski definition) is 2. The molecule has 5 aliphatic rings. The number of rotatable bonds is 1. The highest BCUT2D eigenvalue weighted by Crippen LogP contribution is 2.60. The van der Waals surface area contributed by atoms with Crippen molar-refractivity contribution < 1.29 is 9.59 Å². The van der Waals surface area contributed by atoms with Gasteiger partial charge in [0.1, 0.15) is 0 Å². The van der Waals surface area contributed by atoms with Gasteiger partial charge in [-0.15, -0.1) is 0 Å². The van der Waals surface area contributed by atoms with Crippen LogP contribution in [0.3, 0.4) is 0 Å². The minimum Gasteiger partial charge on any atom is -0.342 e. The van der Waals surface area contributed by atoms with Crippen molar-refractivity contribution in [1.29, 1.82) is 0 Å². The average molecular weight is 276 g/mol. The summed E-state index contributed by atoms with van der Waals surface area (Å²) in [5.41, 5.74) is -0.0923. The van der Waals surface area contributed by atoms with Crippen LogP contribution < -0.4 is 0 Å². The van der Waals surface area contributed by atoms with Crippen LogP contribution >= 0.6 is 0 Å². The highest BCUT2D eigenvalue weighted by atomic mass is 16.2. The summed E-state index contributed by atoms with van der Waals surface area (Å²) >= 11 is 0. The molecule has 4 heteroatoms. The van der Waals surface area contributed by atoms with Crippen molar-refractivity contribution in [1.82, 2.24) is 9.80 Å². The smallest absolute Gasteiger partial charge is 0.241 e. The van der Waals surface area contributed by atoms with E-state index in [1.807, 2.05) is 11.9 Å². The lowest BCUT2D eigenvalue weighted by Gasteiger charge is -2.56. The zero-order valence-corrected chi connectivity index (χ0v) is 12.3. The molecule has 0 aromatic heterocycles. The topological polar surface area (TPSA) is 40.6 Å². The number of carbonyl (C=O) groups is 2. The van der Waals surface area contributed by atoms with Gasteiger partial charge in [-0.05, 0) is 56.3 Å². The molecule has 0 N–H and O–H groups in total. The maximum Gasteiger partial charge on any atom is 0.241 e. The summed E-state index contributed by atoms with van der Waals surface area (Å²) in [4.78, 5) is 28.5. The molecule has 4 nitrogen and oxygen atoms in total. The minimum atomic E-state index is -0.0923. The van der Waals surface area contributed by atoms with Gasteiger partial charge in [0.2, 0.25) is 11.8 Å². The van der Waals surface area contributed by atoms with E-state index in [1.54, 1.807) is 4.90 Å². The van der Waals surface area contributed by atoms with E-state index in [9.17, 15) is 9.59 Å². The van der Waals surface area contributed by atoms with Gasteiger partial charge >= 0.3 is 0 Å². The fourth-order valence-corrected chi connectivity index (χ4v) is 5.64. The van der Waals surface area contributed by atoms with Crippen LogP contribution in [0.25, 0.3) is 0 Å². The summed E-state index contributed by atoms with van der Waals surface area (Å²) in [6, 6.07) is 0. The first-order chi connectivity index (χ1) is 9.56. The third-order valence-electron chi connectivity index (χ3n) is 6.24. The maximum atomic E-state index is 13.1. The van der Waals surface area contributed by atoms with Gasteiger partial charge in [0.05, 0.1) is 12.0 Å². The molecule has 5 rings (SSSR count). The summed E-state index contributed by atoms with van der Waals surface area (Å²) in [6.45, 7) is 1.72. The molecule has 4 bridgehead atoms. The Morgan fingerprint density at radius 2 is 1.60 bits per heavy atom. The Bertz CT molecular complexity index is 424. The number of likely N-dealkylation sites (N-methyl/N-ethyl adjacent to an activating group) is 1. The van der Waals surface area contributed by atoms with Crippen LogP contribution in [0.5, 0.6) is 0 Å². The van der Waals surface area contributed by atoms with E-state index >= 15 is 0 Å². The van der Waals surface area contributed by atoms with E-state index in [-0.39, 0.29) is 11.3 Å². The van der Waals surface area contributed by atoms with Crippen LogP contribution in [0.15, 0.2) is 0 Å². The molecule has 20 heavy (non-hydrogen) atoms. The monoisotopic (exact) mass is 276 g/mol. The van der Waals surface area contributed by atoms with Crippen LogP contribution in [0, 0.1) is 23.2 Å². The van der Waals surface area contributed by atoms with E-state index in [0.29, 0.717) is 19.0 Å². The minimum absolute atomic E-state index is 0.0920. The molecule has 110 valence electrons. The number of nitrogens with zero attached hydrogens (tertiary/aromatic N) is 2. The van der Waals surface area contributed by atoms with E-state index in [2.05, 4.69) is 0 Å². The molecule has 0 radical (unpaired) electrons. The Kier molecular flexibility index (Phi) is 2.67. The molecule has 0 spiro atoms. The number of piperazine rings is 1. The molecule has 2 amide bonds. The second-order valence-electron chi connectivity index (χ2n) is 7.74. The SMILES string of the molecule is CN1CCN(C(=O)C23CC4CC(CC(C4)C2)C3)CC1=O. The largest absolute Gasteiger partial charge is 0.342 e. The molecule has 4 aliphatic carbocycles. The van der Waals surface area contributed by atoms with Crippen molar-refractivity contribution in [2.75, 3.05) is 26.7 Å². The summed E-state index contributed by atoms with van der Waals surface area (Å²) in [6.07, 6.45) is 7.35. The van der Waals surface area contributed by atoms with Crippen molar-refractivity contribution in [3.63, 3.8) is 0 Å². The lowest BCUT2D eigenvalue weighted by Crippen LogP contribution is -2.59. The second kappa shape index (κ2) is 4.22. The molecular weight excluding hydrogens is 252 g/mol. The van der Waals surface area contributed by atoms with Gasteiger partial charge in [-0.1, -0.05) is 0 Å². The van der Waals surface area contributed by atoms with Crippen LogP contribution in [0.1, 0.15) is 38.5 Å². The highest BCUT2D eigenvalue weighted by molar-refractivity contribution is 5.89. The van der Waals surface area contributed by atoms with E-state index in [1.165, 1.54) is 19.3 Å². The number of amides is 2. The van der Waals surface area contributed by atoms with Crippen LogP contribution in [-0.4, -0.2) is 48.3 Å². The van der Waals surface area contributed by atoms with E-state index in [4.69, 9.17) is 0 Å². The average Bonchev–Trinajstić information content (AvgIpc) is 2.39. The molecule has 0 atom stereocenters. The molecule has 0 aromatic carbocycles. The van der Waals surface area contributed by atoms with Crippen molar-refractivity contribution >= 4 is 11.8 Å². The normalized spacial score (nSPS) is 43.2. The van der Waals surface area contributed by atoms with Gasteiger partial charge in [0.25, 0.3) is 0 Å². The van der Waals surface area contributed by atoms with E-state index < -0.39 is 0 Å². The van der Waals surface area contributed by atoms with Crippen molar-refractivity contribution in [2.24, 2.45) is 23.2 Å². The molecule has 0 unspecified atom stereocenters. The maximum absolute atomic E-state index is 13.1. The first-order valence-electron chi connectivity index (χ1n) is 8.09. The van der Waals surface area contributed by atoms with Gasteiger partial charge in [0, 0.05) is 20.1 Å². The van der Waals surface area contributed by atoms with Crippen LogP contribution in [0.4, 0.5) is 0 Å². The number of carbonyl (C=O) groups excluding carboxylic acids is 2. The van der Waals surface area contributed by atoms with Gasteiger partial charge < -0.3 is 9.80 Å². The third-order valence-corrected chi connectivity index (χ3v) is 6.24. The van der Waals surface area contributed by atoms with Gasteiger partial charge in [-0.3, -0.25) is 9.59 Å². The molecule has 1 saturated heterocycles. The Balaban J connectivity index is 1.55. The summed E-state index contributed by atoms with van der Waals surface area (Å²) < 4.78 is 0. The molecule has 1 aliphatic heterocycles. The third kappa shape index (κ3) is 1.80. The predicted octanol–water partition coefficient (Wildman–Crippen LogP) is 1.50. The fraction of sp³-hybridized carbons (Fsp3) is 0.875. The Morgan fingerprint density at radius 3 is 2.10 bits per heavy atom. The quantitative estimate of drug-likeness (QED) is 0.728. The molecule has 1 heterocycles. The number of hydrogen-bond donors (Lipinski definition) is 0. The van der Waals surface area contributed by atoms with Crippen LogP contribution in [0.2, 0.25) is 0 Å². The van der Waals surface area contributed by atoms with Crippen LogP contribution in [-0.2, 0) is 9.59 Å². The Morgan fingerprint density at radius 1 is 1.05 bits per heavy atom. The first-order valence-corrected chi connectivity index (χ1v) is 8.09. The lowest BCUT2D eigenvalue weighted by atomic mass is 9.49. The van der Waals surface area contributed by atoms with Crippen molar-refractivity contribution in [3.8, 4) is 0 Å². The summed E-state index contributed by atoms with van der Waals surface area (Å²) in [7, 11) is 1.83. The Labute approximate surface area is 120 Å². The second-order valence-corrected chi connectivity index (χ2v) is 7.74. The summed E-state index contributed by atoms with van der Waals surface area (Å²) in [5, 5.41) is 0. The van der Waals surface area contributed by atoms with Crippen molar-refractivity contribution in [2.45, 2.75) is 38.5 Å². The van der Waals surface area contributed by atoms with Gasteiger partial charge in [-0.2, -0.15) is 0 Å². The zero-order valence-electron chi connectivity index (χ0n) is 12.3.